The van der Waals surface area contributed by atoms with E-state index in [1.54, 1.807) is 11.8 Å². The van der Waals surface area contributed by atoms with Crippen molar-refractivity contribution >= 4 is 23.4 Å². The molecular formula is C15H15ClN2OS. The van der Waals surface area contributed by atoms with Gasteiger partial charge < -0.3 is 4.98 Å². The predicted octanol–water partition coefficient (Wildman–Crippen LogP) is 3.59. The first kappa shape index (κ1) is 13.7. The molecular weight excluding hydrogens is 292 g/mol. The van der Waals surface area contributed by atoms with E-state index in [-0.39, 0.29) is 5.56 Å². The Hall–Kier alpha value is -1.26. The van der Waals surface area contributed by atoms with Crippen LogP contribution in [-0.2, 0) is 18.6 Å². The lowest BCUT2D eigenvalue weighted by Crippen LogP contribution is -2.22. The van der Waals surface area contributed by atoms with Crippen molar-refractivity contribution in [3.8, 4) is 0 Å². The highest BCUT2D eigenvalue weighted by Crippen LogP contribution is 2.28. The number of benzene rings is 1. The van der Waals surface area contributed by atoms with Crippen LogP contribution in [0.15, 0.2) is 34.0 Å². The summed E-state index contributed by atoms with van der Waals surface area (Å²) < 4.78 is 0. The maximum absolute atomic E-state index is 12.0. The molecule has 1 heterocycles. The first-order valence-corrected chi connectivity index (χ1v) is 8.08. The largest absolute Gasteiger partial charge is 0.310 e. The van der Waals surface area contributed by atoms with E-state index in [0.717, 1.165) is 52.7 Å². The molecule has 2 aromatic rings. The van der Waals surface area contributed by atoms with Crippen LogP contribution < -0.4 is 5.56 Å². The number of H-pyrrole nitrogens is 1. The lowest BCUT2D eigenvalue weighted by Gasteiger charge is -2.14. The number of hydrogen-bond donors (Lipinski definition) is 1. The zero-order valence-electron chi connectivity index (χ0n) is 11.0. The summed E-state index contributed by atoms with van der Waals surface area (Å²) in [7, 11) is 0. The van der Waals surface area contributed by atoms with Crippen LogP contribution in [0, 0.1) is 0 Å². The summed E-state index contributed by atoms with van der Waals surface area (Å²) in [5.41, 5.74) is 1.89. The Labute approximate surface area is 126 Å². The van der Waals surface area contributed by atoms with Crippen molar-refractivity contribution in [1.82, 2.24) is 9.97 Å². The average Bonchev–Trinajstić information content (AvgIpc) is 2.46. The van der Waals surface area contributed by atoms with Gasteiger partial charge in [-0.3, -0.25) is 4.79 Å². The second-order valence-corrected chi connectivity index (χ2v) is 6.29. The van der Waals surface area contributed by atoms with Crippen LogP contribution in [0.2, 0.25) is 5.02 Å². The molecule has 0 atom stereocenters. The van der Waals surface area contributed by atoms with Crippen molar-refractivity contribution < 1.29 is 0 Å². The van der Waals surface area contributed by atoms with Gasteiger partial charge in [0, 0.05) is 10.5 Å². The van der Waals surface area contributed by atoms with E-state index >= 15 is 0 Å². The summed E-state index contributed by atoms with van der Waals surface area (Å²) in [6.07, 6.45) is 3.99. The second kappa shape index (κ2) is 6.02. The van der Waals surface area contributed by atoms with Crippen LogP contribution in [-0.4, -0.2) is 9.97 Å². The molecule has 0 saturated carbocycles. The predicted molar refractivity (Wildman–Crippen MR) is 82.5 cm³/mol. The van der Waals surface area contributed by atoms with Crippen molar-refractivity contribution in [3.05, 3.63) is 56.7 Å². The Balaban J connectivity index is 1.80. The second-order valence-electron chi connectivity index (χ2n) is 4.86. The monoisotopic (exact) mass is 306 g/mol. The molecule has 0 radical (unpaired) electrons. The van der Waals surface area contributed by atoms with Crippen LogP contribution in [0.4, 0.5) is 0 Å². The zero-order valence-corrected chi connectivity index (χ0v) is 12.6. The third kappa shape index (κ3) is 2.91. The summed E-state index contributed by atoms with van der Waals surface area (Å²) >= 11 is 7.72. The third-order valence-corrected chi connectivity index (χ3v) is 4.97. The van der Waals surface area contributed by atoms with Gasteiger partial charge in [-0.05, 0) is 37.8 Å². The fourth-order valence-electron chi connectivity index (χ4n) is 2.43. The standard InChI is InChI=1S/C15H15ClN2OS/c16-11-6-2-4-8-13(11)20-9-14-17-12-7-3-1-5-10(12)15(19)18-14/h2,4,6,8H,1,3,5,7,9H2,(H,17,18,19). The van der Waals surface area contributed by atoms with Crippen molar-refractivity contribution in [3.63, 3.8) is 0 Å². The van der Waals surface area contributed by atoms with Crippen molar-refractivity contribution in [1.29, 1.82) is 0 Å². The van der Waals surface area contributed by atoms with E-state index in [4.69, 9.17) is 11.6 Å². The molecule has 0 saturated heterocycles. The molecule has 0 spiro atoms. The summed E-state index contributed by atoms with van der Waals surface area (Å²) in [4.78, 5) is 20.5. The molecule has 20 heavy (non-hydrogen) atoms. The Kier molecular flexibility index (Phi) is 4.13. The third-order valence-electron chi connectivity index (χ3n) is 3.44. The minimum absolute atomic E-state index is 0.0319. The molecule has 1 aromatic heterocycles. The minimum atomic E-state index is 0.0319. The molecule has 1 aliphatic rings. The minimum Gasteiger partial charge on any atom is -0.310 e. The molecule has 1 N–H and O–H groups in total. The average molecular weight is 307 g/mol. The topological polar surface area (TPSA) is 45.8 Å². The molecule has 0 bridgehead atoms. The van der Waals surface area contributed by atoms with E-state index in [0.29, 0.717) is 5.75 Å². The molecule has 0 fully saturated rings. The lowest BCUT2D eigenvalue weighted by atomic mass is 9.97. The van der Waals surface area contributed by atoms with Crippen LogP contribution in [0.5, 0.6) is 0 Å². The van der Waals surface area contributed by atoms with E-state index in [2.05, 4.69) is 9.97 Å². The lowest BCUT2D eigenvalue weighted by molar-refractivity contribution is 0.651. The molecule has 0 aliphatic heterocycles. The number of rotatable bonds is 3. The normalized spacial score (nSPS) is 14.1. The molecule has 3 rings (SSSR count). The number of nitrogens with zero attached hydrogens (tertiary/aromatic N) is 1. The molecule has 104 valence electrons. The van der Waals surface area contributed by atoms with Gasteiger partial charge in [0.2, 0.25) is 0 Å². The van der Waals surface area contributed by atoms with Crippen LogP contribution in [0.1, 0.15) is 29.9 Å². The number of fused-ring (bicyclic) bond motifs is 1. The number of hydrogen-bond acceptors (Lipinski definition) is 3. The number of aromatic amines is 1. The summed E-state index contributed by atoms with van der Waals surface area (Å²) in [5, 5.41) is 0.734. The summed E-state index contributed by atoms with van der Waals surface area (Å²) in [6, 6.07) is 7.71. The van der Waals surface area contributed by atoms with Crippen molar-refractivity contribution in [2.75, 3.05) is 0 Å². The highest BCUT2D eigenvalue weighted by molar-refractivity contribution is 7.98. The van der Waals surface area contributed by atoms with Gasteiger partial charge in [0.1, 0.15) is 5.82 Å². The van der Waals surface area contributed by atoms with E-state index in [1.807, 2.05) is 24.3 Å². The SMILES string of the molecule is O=c1[nH]c(CSc2ccccc2Cl)nc2c1CCCC2. The highest BCUT2D eigenvalue weighted by Gasteiger charge is 2.15. The highest BCUT2D eigenvalue weighted by atomic mass is 35.5. The maximum atomic E-state index is 12.0. The van der Waals surface area contributed by atoms with Gasteiger partial charge in [0.15, 0.2) is 0 Å². The molecule has 0 unspecified atom stereocenters. The summed E-state index contributed by atoms with van der Waals surface area (Å²) in [5.74, 6) is 1.37. The van der Waals surface area contributed by atoms with Gasteiger partial charge >= 0.3 is 0 Å². The van der Waals surface area contributed by atoms with Crippen LogP contribution in [0.25, 0.3) is 0 Å². The molecule has 5 heteroatoms. The Morgan fingerprint density at radius 1 is 1.25 bits per heavy atom. The van der Waals surface area contributed by atoms with Gasteiger partial charge in [0.05, 0.1) is 16.5 Å². The van der Waals surface area contributed by atoms with Gasteiger partial charge in [-0.25, -0.2) is 4.98 Å². The Morgan fingerprint density at radius 2 is 2.05 bits per heavy atom. The molecule has 3 nitrogen and oxygen atoms in total. The number of aromatic nitrogens is 2. The van der Waals surface area contributed by atoms with Crippen molar-refractivity contribution in [2.24, 2.45) is 0 Å². The molecule has 0 amide bonds. The van der Waals surface area contributed by atoms with Gasteiger partial charge in [-0.1, -0.05) is 23.7 Å². The fourth-order valence-corrected chi connectivity index (χ4v) is 3.54. The van der Waals surface area contributed by atoms with E-state index in [1.165, 1.54) is 0 Å². The maximum Gasteiger partial charge on any atom is 0.254 e. The fraction of sp³-hybridized carbons (Fsp3) is 0.333. The van der Waals surface area contributed by atoms with Crippen LogP contribution >= 0.6 is 23.4 Å². The smallest absolute Gasteiger partial charge is 0.254 e. The summed E-state index contributed by atoms with van der Waals surface area (Å²) in [6.45, 7) is 0. The van der Waals surface area contributed by atoms with Crippen LogP contribution in [0.3, 0.4) is 0 Å². The molecule has 1 aliphatic carbocycles. The van der Waals surface area contributed by atoms with Gasteiger partial charge in [-0.15, -0.1) is 11.8 Å². The number of thioether (sulfide) groups is 1. The molecule has 1 aromatic carbocycles. The van der Waals surface area contributed by atoms with Crippen molar-refractivity contribution in [2.45, 2.75) is 36.3 Å². The quantitative estimate of drug-likeness (QED) is 0.881. The number of nitrogens with one attached hydrogen (secondary N) is 1. The number of halogens is 1. The van der Waals surface area contributed by atoms with Gasteiger partial charge in [-0.2, -0.15) is 0 Å². The van der Waals surface area contributed by atoms with E-state index < -0.39 is 0 Å². The Bertz CT molecular complexity index is 684. The van der Waals surface area contributed by atoms with Gasteiger partial charge in [0.25, 0.3) is 5.56 Å². The first-order valence-electron chi connectivity index (χ1n) is 6.72. The van der Waals surface area contributed by atoms with E-state index in [9.17, 15) is 4.79 Å². The first-order chi connectivity index (χ1) is 9.74. The Morgan fingerprint density at radius 3 is 2.90 bits per heavy atom. The zero-order chi connectivity index (χ0) is 13.9. The number of aryl methyl sites for hydroxylation is 1.